The Morgan fingerprint density at radius 2 is 1.96 bits per heavy atom. The third-order valence-corrected chi connectivity index (χ3v) is 4.95. The van der Waals surface area contributed by atoms with Crippen molar-refractivity contribution < 1.29 is 22.6 Å². The molecule has 2 aromatic rings. The summed E-state index contributed by atoms with van der Waals surface area (Å²) in [4.78, 5) is 1.59. The van der Waals surface area contributed by atoms with E-state index in [0.717, 1.165) is 0 Å². The summed E-state index contributed by atoms with van der Waals surface area (Å²) in [6.45, 7) is 1.72. The summed E-state index contributed by atoms with van der Waals surface area (Å²) in [7, 11) is 0. The van der Waals surface area contributed by atoms with Gasteiger partial charge in [-0.2, -0.15) is 0 Å². The second-order valence-corrected chi connectivity index (χ2v) is 7.20. The van der Waals surface area contributed by atoms with Crippen molar-refractivity contribution in [2.75, 3.05) is 18.0 Å². The van der Waals surface area contributed by atoms with Gasteiger partial charge in [-0.3, -0.25) is 0 Å². The molecule has 138 valence electrons. The lowest BCUT2D eigenvalue weighted by molar-refractivity contribution is -0.0706. The van der Waals surface area contributed by atoms with Gasteiger partial charge in [0, 0.05) is 24.9 Å². The predicted molar refractivity (Wildman–Crippen MR) is 92.9 cm³/mol. The van der Waals surface area contributed by atoms with Gasteiger partial charge in [0.05, 0.1) is 17.8 Å². The fraction of sp³-hybridized carbons (Fsp3) is 0.368. The third kappa shape index (κ3) is 2.96. The SMILES string of the molecule is CC1(c2ccc(Cl)cc2F)Oc2cccc(N3CCCC(F)(F)C3)c2O1. The minimum Gasteiger partial charge on any atom is -0.444 e. The molecular weight excluding hydrogens is 367 g/mol. The number of fused-ring (bicyclic) bond motifs is 1. The van der Waals surface area contributed by atoms with Crippen LogP contribution >= 0.6 is 11.6 Å². The smallest absolute Gasteiger partial charge is 0.278 e. The molecule has 1 saturated heterocycles. The van der Waals surface area contributed by atoms with Gasteiger partial charge in [-0.15, -0.1) is 0 Å². The van der Waals surface area contributed by atoms with Crippen LogP contribution in [0.3, 0.4) is 0 Å². The second-order valence-electron chi connectivity index (χ2n) is 6.76. The lowest BCUT2D eigenvalue weighted by Gasteiger charge is -2.34. The summed E-state index contributed by atoms with van der Waals surface area (Å²) in [5.41, 5.74) is 0.716. The van der Waals surface area contributed by atoms with Gasteiger partial charge in [-0.25, -0.2) is 13.2 Å². The van der Waals surface area contributed by atoms with Gasteiger partial charge in [-0.1, -0.05) is 17.7 Å². The van der Waals surface area contributed by atoms with Gasteiger partial charge in [0.2, 0.25) is 0 Å². The first-order valence-corrected chi connectivity index (χ1v) is 8.75. The van der Waals surface area contributed by atoms with Gasteiger partial charge in [0.1, 0.15) is 5.82 Å². The molecule has 3 nitrogen and oxygen atoms in total. The molecule has 0 aromatic heterocycles. The van der Waals surface area contributed by atoms with E-state index in [9.17, 15) is 13.2 Å². The highest BCUT2D eigenvalue weighted by atomic mass is 35.5. The Hall–Kier alpha value is -2.08. The molecule has 7 heteroatoms. The van der Waals surface area contributed by atoms with Crippen LogP contribution in [0.4, 0.5) is 18.9 Å². The maximum absolute atomic E-state index is 14.4. The molecule has 0 N–H and O–H groups in total. The van der Waals surface area contributed by atoms with Crippen LogP contribution in [0.5, 0.6) is 11.5 Å². The summed E-state index contributed by atoms with van der Waals surface area (Å²) in [5.74, 6) is -3.95. The standard InChI is InChI=1S/C19H17ClF3NO2/c1-18(13-7-6-12(20)10-14(13)21)25-16-5-2-4-15(17(16)26-18)24-9-3-8-19(22,23)11-24/h2,4-7,10H,3,8-9,11H2,1H3. The van der Waals surface area contributed by atoms with Crippen LogP contribution in [0.25, 0.3) is 0 Å². The average molecular weight is 384 g/mol. The van der Waals surface area contributed by atoms with Crippen LogP contribution in [0.15, 0.2) is 36.4 Å². The van der Waals surface area contributed by atoms with E-state index in [-0.39, 0.29) is 23.6 Å². The first kappa shape index (κ1) is 17.3. The number of hydrogen-bond donors (Lipinski definition) is 0. The normalized spacial score (nSPS) is 24.0. The topological polar surface area (TPSA) is 21.7 Å². The minimum atomic E-state index is -2.74. The zero-order valence-electron chi connectivity index (χ0n) is 14.1. The van der Waals surface area contributed by atoms with Crippen LogP contribution in [0, 0.1) is 5.82 Å². The lowest BCUT2D eigenvalue weighted by atomic mass is 10.1. The van der Waals surface area contributed by atoms with Gasteiger partial charge in [-0.05, 0) is 36.8 Å². The largest absolute Gasteiger partial charge is 0.444 e. The number of rotatable bonds is 2. The number of ether oxygens (including phenoxy) is 2. The van der Waals surface area contributed by atoms with Crippen LogP contribution in [-0.2, 0) is 5.79 Å². The Morgan fingerprint density at radius 1 is 1.15 bits per heavy atom. The van der Waals surface area contributed by atoms with E-state index < -0.39 is 17.5 Å². The van der Waals surface area contributed by atoms with Crippen LogP contribution < -0.4 is 14.4 Å². The van der Waals surface area contributed by atoms with E-state index in [4.69, 9.17) is 21.1 Å². The van der Waals surface area contributed by atoms with E-state index in [1.165, 1.54) is 12.1 Å². The number of benzene rings is 2. The summed E-state index contributed by atoms with van der Waals surface area (Å²) in [5, 5.41) is 0.265. The lowest BCUT2D eigenvalue weighted by Crippen LogP contribution is -2.42. The maximum Gasteiger partial charge on any atom is 0.278 e. The number of anilines is 1. The van der Waals surface area contributed by atoms with Crippen molar-refractivity contribution in [1.82, 2.24) is 0 Å². The zero-order chi connectivity index (χ0) is 18.5. The van der Waals surface area contributed by atoms with Crippen molar-refractivity contribution in [1.29, 1.82) is 0 Å². The second kappa shape index (κ2) is 5.98. The highest BCUT2D eigenvalue weighted by molar-refractivity contribution is 6.30. The number of halogens is 4. The molecule has 26 heavy (non-hydrogen) atoms. The monoisotopic (exact) mass is 383 g/mol. The van der Waals surface area contributed by atoms with Crippen molar-refractivity contribution in [3.05, 3.63) is 52.8 Å². The molecule has 0 aliphatic carbocycles. The fourth-order valence-corrected chi connectivity index (χ4v) is 3.66. The molecule has 1 atom stereocenters. The molecule has 1 unspecified atom stereocenters. The first-order chi connectivity index (χ1) is 12.3. The van der Waals surface area contributed by atoms with Crippen molar-refractivity contribution in [2.24, 2.45) is 0 Å². The first-order valence-electron chi connectivity index (χ1n) is 8.37. The highest BCUT2D eigenvalue weighted by Gasteiger charge is 2.44. The van der Waals surface area contributed by atoms with Crippen LogP contribution in [0.2, 0.25) is 5.02 Å². The molecule has 0 bridgehead atoms. The van der Waals surface area contributed by atoms with Gasteiger partial charge in [0.15, 0.2) is 11.5 Å². The molecule has 0 radical (unpaired) electrons. The predicted octanol–water partition coefficient (Wildman–Crippen LogP) is 5.36. The van der Waals surface area contributed by atoms with E-state index >= 15 is 0 Å². The Morgan fingerprint density at radius 3 is 2.69 bits per heavy atom. The molecule has 1 fully saturated rings. The molecule has 2 aromatic carbocycles. The van der Waals surface area contributed by atoms with E-state index in [0.29, 0.717) is 30.2 Å². The summed E-state index contributed by atoms with van der Waals surface area (Å²) in [6, 6.07) is 9.34. The number of hydrogen-bond acceptors (Lipinski definition) is 3. The van der Waals surface area contributed by atoms with Gasteiger partial charge in [0.25, 0.3) is 11.7 Å². The van der Waals surface area contributed by atoms with Crippen LogP contribution in [0.1, 0.15) is 25.3 Å². The highest BCUT2D eigenvalue weighted by Crippen LogP contribution is 2.50. The summed E-state index contributed by atoms with van der Waals surface area (Å²) >= 11 is 5.81. The molecule has 0 saturated carbocycles. The Labute approximate surface area is 154 Å². The molecule has 0 amide bonds. The molecule has 0 spiro atoms. The Bertz CT molecular complexity index is 861. The van der Waals surface area contributed by atoms with Crippen molar-refractivity contribution in [3.8, 4) is 11.5 Å². The summed E-state index contributed by atoms with van der Waals surface area (Å²) in [6.07, 6.45) is 0.268. The van der Waals surface area contributed by atoms with Gasteiger partial charge >= 0.3 is 0 Å². The number of nitrogens with zero attached hydrogens (tertiary/aromatic N) is 1. The zero-order valence-corrected chi connectivity index (χ0v) is 14.8. The molecule has 2 aliphatic heterocycles. The number of piperidine rings is 1. The van der Waals surface area contributed by atoms with E-state index in [2.05, 4.69) is 0 Å². The average Bonchev–Trinajstić information content (AvgIpc) is 2.90. The quantitative estimate of drug-likeness (QED) is 0.697. The number of alkyl halides is 2. The summed E-state index contributed by atoms with van der Waals surface area (Å²) < 4.78 is 53.8. The van der Waals surface area contributed by atoms with Crippen molar-refractivity contribution >= 4 is 17.3 Å². The van der Waals surface area contributed by atoms with E-state index in [1.54, 1.807) is 36.1 Å². The maximum atomic E-state index is 14.4. The molecule has 4 rings (SSSR count). The molecular formula is C19H17ClF3NO2. The fourth-order valence-electron chi connectivity index (χ4n) is 3.50. The van der Waals surface area contributed by atoms with Crippen molar-refractivity contribution in [2.45, 2.75) is 31.5 Å². The molecule has 2 aliphatic rings. The minimum absolute atomic E-state index is 0.121. The number of para-hydroxylation sites is 1. The van der Waals surface area contributed by atoms with E-state index in [1.807, 2.05) is 0 Å². The Balaban J connectivity index is 1.69. The Kier molecular flexibility index (Phi) is 3.99. The van der Waals surface area contributed by atoms with Crippen LogP contribution in [-0.4, -0.2) is 19.0 Å². The third-order valence-electron chi connectivity index (χ3n) is 4.71. The van der Waals surface area contributed by atoms with Crippen molar-refractivity contribution in [3.63, 3.8) is 0 Å². The van der Waals surface area contributed by atoms with Gasteiger partial charge < -0.3 is 14.4 Å². The molecule has 2 heterocycles.